The molecule has 2 fully saturated rings. The van der Waals surface area contributed by atoms with Crippen LogP contribution in [0.3, 0.4) is 0 Å². The van der Waals surface area contributed by atoms with Crippen LogP contribution in [0.25, 0.3) is 0 Å². The monoisotopic (exact) mass is 188 g/mol. The third kappa shape index (κ3) is 2.40. The van der Waals surface area contributed by atoms with E-state index in [4.69, 9.17) is 4.74 Å². The van der Waals surface area contributed by atoms with Gasteiger partial charge < -0.3 is 4.74 Å². The molecule has 0 spiro atoms. The minimum absolute atomic E-state index is 0.922. The summed E-state index contributed by atoms with van der Waals surface area (Å²) in [6.07, 6.45) is 2.80. The van der Waals surface area contributed by atoms with Crippen LogP contribution in [0.2, 0.25) is 0 Å². The van der Waals surface area contributed by atoms with Gasteiger partial charge in [0.25, 0.3) is 0 Å². The zero-order valence-electron chi connectivity index (χ0n) is 7.46. The van der Waals surface area contributed by atoms with Crippen LogP contribution >= 0.6 is 8.88 Å². The summed E-state index contributed by atoms with van der Waals surface area (Å²) in [4.78, 5) is 0. The number of rotatable bonds is 2. The van der Waals surface area contributed by atoms with Gasteiger partial charge in [-0.15, -0.1) is 0 Å². The van der Waals surface area contributed by atoms with Crippen molar-refractivity contribution in [2.24, 2.45) is 0 Å². The molecule has 0 radical (unpaired) electrons. The third-order valence-corrected chi connectivity index (χ3v) is 3.86. The Morgan fingerprint density at radius 2 is 1.42 bits per heavy atom. The van der Waals surface area contributed by atoms with E-state index in [9.17, 15) is 0 Å². The van der Waals surface area contributed by atoms with Gasteiger partial charge in [-0.2, -0.15) is 0 Å². The van der Waals surface area contributed by atoms with E-state index in [0.29, 0.717) is 0 Å². The Bertz CT molecular complexity index is 133. The van der Waals surface area contributed by atoms with E-state index in [0.717, 1.165) is 35.2 Å². The van der Waals surface area contributed by atoms with Gasteiger partial charge in [-0.3, -0.25) is 9.34 Å². The predicted molar refractivity (Wildman–Crippen MR) is 51.5 cm³/mol. The number of ether oxygens (including phenoxy) is 1. The highest BCUT2D eigenvalue weighted by Gasteiger charge is 2.17. The zero-order chi connectivity index (χ0) is 8.23. The maximum absolute atomic E-state index is 5.31. The molecule has 0 aromatic rings. The molecule has 0 saturated carbocycles. The highest BCUT2D eigenvalue weighted by atomic mass is 31.1. The second kappa shape index (κ2) is 4.52. The van der Waals surface area contributed by atoms with Crippen molar-refractivity contribution in [3.05, 3.63) is 0 Å². The second-order valence-corrected chi connectivity index (χ2v) is 4.86. The first kappa shape index (κ1) is 8.89. The Morgan fingerprint density at radius 1 is 0.833 bits per heavy atom. The Hall–Kier alpha value is 0.310. The lowest BCUT2D eigenvalue weighted by atomic mass is 10.4. The van der Waals surface area contributed by atoms with Crippen molar-refractivity contribution < 1.29 is 4.74 Å². The van der Waals surface area contributed by atoms with Crippen molar-refractivity contribution in [2.75, 3.05) is 39.4 Å². The van der Waals surface area contributed by atoms with Crippen LogP contribution in [-0.2, 0) is 4.74 Å². The highest BCUT2D eigenvalue weighted by Crippen LogP contribution is 2.28. The molecular formula is C8H17N2OP. The summed E-state index contributed by atoms with van der Waals surface area (Å²) in [7, 11) is 0.922. The van der Waals surface area contributed by atoms with Gasteiger partial charge in [-0.1, -0.05) is 0 Å². The van der Waals surface area contributed by atoms with Crippen LogP contribution in [0, 0.1) is 0 Å². The van der Waals surface area contributed by atoms with Crippen molar-refractivity contribution in [3.63, 3.8) is 0 Å². The molecule has 2 aliphatic heterocycles. The van der Waals surface area contributed by atoms with Crippen LogP contribution in [0.1, 0.15) is 12.8 Å². The van der Waals surface area contributed by atoms with E-state index in [2.05, 4.69) is 9.34 Å². The Balaban J connectivity index is 1.69. The van der Waals surface area contributed by atoms with Crippen LogP contribution in [0.4, 0.5) is 0 Å². The number of morpholine rings is 1. The molecule has 0 amide bonds. The van der Waals surface area contributed by atoms with E-state index in [-0.39, 0.29) is 0 Å². The molecule has 1 unspecified atom stereocenters. The molecule has 0 aromatic heterocycles. The van der Waals surface area contributed by atoms with Crippen molar-refractivity contribution >= 4 is 8.88 Å². The smallest absolute Gasteiger partial charge is 0.0597 e. The summed E-state index contributed by atoms with van der Waals surface area (Å²) >= 11 is 0. The largest absolute Gasteiger partial charge is 0.379 e. The van der Waals surface area contributed by atoms with Gasteiger partial charge in [0.15, 0.2) is 0 Å². The van der Waals surface area contributed by atoms with E-state index < -0.39 is 0 Å². The molecule has 2 saturated heterocycles. The van der Waals surface area contributed by atoms with Gasteiger partial charge in [0.2, 0.25) is 0 Å². The van der Waals surface area contributed by atoms with E-state index in [1.807, 2.05) is 0 Å². The Morgan fingerprint density at radius 3 is 2.08 bits per heavy atom. The van der Waals surface area contributed by atoms with Gasteiger partial charge >= 0.3 is 0 Å². The fourth-order valence-electron chi connectivity index (χ4n) is 1.68. The molecule has 4 heteroatoms. The normalized spacial score (nSPS) is 29.0. The highest BCUT2D eigenvalue weighted by molar-refractivity contribution is 7.32. The topological polar surface area (TPSA) is 15.7 Å². The minimum Gasteiger partial charge on any atom is -0.379 e. The Kier molecular flexibility index (Phi) is 3.35. The minimum atomic E-state index is 0.922. The standard InChI is InChI=1S/C8H17N2OP/c1-2-4-9(3-1)12-10-5-7-11-8-6-10/h12H,1-8H2. The van der Waals surface area contributed by atoms with Gasteiger partial charge in [0.05, 0.1) is 13.2 Å². The summed E-state index contributed by atoms with van der Waals surface area (Å²) < 4.78 is 10.4. The zero-order valence-corrected chi connectivity index (χ0v) is 8.46. The molecule has 3 nitrogen and oxygen atoms in total. The fraction of sp³-hybridized carbons (Fsp3) is 1.00. The number of nitrogens with zero attached hydrogens (tertiary/aromatic N) is 2. The van der Waals surface area contributed by atoms with Gasteiger partial charge in [0.1, 0.15) is 0 Å². The molecule has 70 valence electrons. The van der Waals surface area contributed by atoms with Crippen molar-refractivity contribution in [1.82, 2.24) is 9.34 Å². The van der Waals surface area contributed by atoms with Crippen molar-refractivity contribution in [3.8, 4) is 0 Å². The number of hydrogen-bond donors (Lipinski definition) is 0. The van der Waals surface area contributed by atoms with Gasteiger partial charge in [0, 0.05) is 35.1 Å². The number of hydrogen-bond acceptors (Lipinski definition) is 3. The molecule has 0 N–H and O–H groups in total. The van der Waals surface area contributed by atoms with Crippen molar-refractivity contribution in [1.29, 1.82) is 0 Å². The molecule has 1 atom stereocenters. The first-order valence-corrected chi connectivity index (χ1v) is 5.68. The maximum Gasteiger partial charge on any atom is 0.0597 e. The first-order chi connectivity index (χ1) is 5.95. The van der Waals surface area contributed by atoms with Crippen LogP contribution in [0.5, 0.6) is 0 Å². The summed E-state index contributed by atoms with van der Waals surface area (Å²) in [6, 6.07) is 0. The second-order valence-electron chi connectivity index (χ2n) is 3.39. The molecule has 0 aliphatic carbocycles. The summed E-state index contributed by atoms with van der Waals surface area (Å²) in [6.45, 7) is 6.76. The molecule has 12 heavy (non-hydrogen) atoms. The molecule has 0 bridgehead atoms. The molecule has 0 aromatic carbocycles. The van der Waals surface area contributed by atoms with Gasteiger partial charge in [-0.05, 0) is 12.8 Å². The van der Waals surface area contributed by atoms with Gasteiger partial charge in [-0.25, -0.2) is 0 Å². The molecule has 2 rings (SSSR count). The van der Waals surface area contributed by atoms with Crippen molar-refractivity contribution in [2.45, 2.75) is 12.8 Å². The summed E-state index contributed by atoms with van der Waals surface area (Å²) in [5, 5.41) is 0. The van der Waals surface area contributed by atoms with Crippen LogP contribution < -0.4 is 0 Å². The molecule has 2 heterocycles. The quantitative estimate of drug-likeness (QED) is 0.599. The predicted octanol–water partition coefficient (Wildman–Crippen LogP) is 0.923. The maximum atomic E-state index is 5.31. The van der Waals surface area contributed by atoms with E-state index >= 15 is 0 Å². The lowest BCUT2D eigenvalue weighted by Gasteiger charge is -2.29. The third-order valence-electron chi connectivity index (χ3n) is 2.40. The lowest BCUT2D eigenvalue weighted by molar-refractivity contribution is 0.0742. The van der Waals surface area contributed by atoms with Crippen LogP contribution in [-0.4, -0.2) is 48.7 Å². The summed E-state index contributed by atoms with van der Waals surface area (Å²) in [5.74, 6) is 0. The molecule has 2 aliphatic rings. The average molecular weight is 188 g/mol. The summed E-state index contributed by atoms with van der Waals surface area (Å²) in [5.41, 5.74) is 0. The fourth-order valence-corrected chi connectivity index (χ4v) is 2.98. The van der Waals surface area contributed by atoms with E-state index in [1.165, 1.54) is 25.9 Å². The first-order valence-electron chi connectivity index (χ1n) is 4.79. The Labute approximate surface area is 75.9 Å². The SMILES string of the molecule is C1CCN(PN2CCOCC2)C1. The average Bonchev–Trinajstić information content (AvgIpc) is 2.59. The molecular weight excluding hydrogens is 171 g/mol. The lowest BCUT2D eigenvalue weighted by Crippen LogP contribution is -2.32. The van der Waals surface area contributed by atoms with E-state index in [1.54, 1.807) is 0 Å². The van der Waals surface area contributed by atoms with Crippen LogP contribution in [0.15, 0.2) is 0 Å².